The number of aryl methyl sites for hydroxylation is 1. The summed E-state index contributed by atoms with van der Waals surface area (Å²) in [4.78, 5) is 27.6. The third kappa shape index (κ3) is 2.53. The fraction of sp³-hybridized carbons (Fsp3) is 0.333. The summed E-state index contributed by atoms with van der Waals surface area (Å²) in [7, 11) is 0. The van der Waals surface area contributed by atoms with Gasteiger partial charge in [0.25, 0.3) is 0 Å². The first-order valence-electron chi connectivity index (χ1n) is 8.76. The van der Waals surface area contributed by atoms with Crippen LogP contribution >= 0.6 is 0 Å². The lowest BCUT2D eigenvalue weighted by Gasteiger charge is -2.38. The first-order chi connectivity index (χ1) is 12.1. The number of benzene rings is 1. The maximum Gasteiger partial charge on any atom is 0.232 e. The van der Waals surface area contributed by atoms with Gasteiger partial charge in [-0.1, -0.05) is 12.1 Å². The number of carbonyl (C=O) groups is 2. The Bertz CT molecular complexity index is 877. The van der Waals surface area contributed by atoms with Crippen LogP contribution in [0.25, 0.3) is 0 Å². The number of carbonyl (C=O) groups excluding carboxylic acids is 2. The third-order valence-electron chi connectivity index (χ3n) is 5.38. The van der Waals surface area contributed by atoms with Crippen molar-refractivity contribution in [2.45, 2.75) is 45.4 Å². The maximum absolute atomic E-state index is 13.1. The normalized spacial score (nSPS) is 20.9. The maximum atomic E-state index is 13.1. The van der Waals surface area contributed by atoms with Crippen molar-refractivity contribution in [3.05, 3.63) is 64.8 Å². The molecule has 25 heavy (non-hydrogen) atoms. The summed E-state index contributed by atoms with van der Waals surface area (Å²) >= 11 is 0. The van der Waals surface area contributed by atoms with Crippen LogP contribution in [0.4, 0.5) is 5.69 Å². The summed E-state index contributed by atoms with van der Waals surface area (Å²) in [5.74, 6) is 0.623. The zero-order valence-electron chi connectivity index (χ0n) is 14.5. The van der Waals surface area contributed by atoms with Crippen molar-refractivity contribution in [1.29, 1.82) is 0 Å². The minimum Gasteiger partial charge on any atom is -0.469 e. The highest BCUT2D eigenvalue weighted by molar-refractivity contribution is 6.07. The predicted octanol–water partition coefficient (Wildman–Crippen LogP) is 4.42. The van der Waals surface area contributed by atoms with Crippen LogP contribution in [0.1, 0.15) is 48.5 Å². The number of amides is 1. The standard InChI is InChI=1S/C21H21NO3/c1-13-6-3-7-16(14(13)2)22-17-8-4-9-18(23)21(17)15(12-20(22)24)19-10-5-11-25-19/h3,5-7,10-11,15H,4,8-9,12H2,1-2H3. The lowest BCUT2D eigenvalue weighted by Crippen LogP contribution is -2.40. The number of furan rings is 1. The molecule has 0 N–H and O–H groups in total. The van der Waals surface area contributed by atoms with E-state index in [2.05, 4.69) is 0 Å². The lowest BCUT2D eigenvalue weighted by atomic mass is 9.79. The van der Waals surface area contributed by atoms with Gasteiger partial charge in [-0.05, 0) is 56.0 Å². The molecule has 0 bridgehead atoms. The zero-order chi connectivity index (χ0) is 17.6. The molecule has 0 fully saturated rings. The average Bonchev–Trinajstić information content (AvgIpc) is 3.12. The van der Waals surface area contributed by atoms with Crippen molar-refractivity contribution in [3.8, 4) is 0 Å². The van der Waals surface area contributed by atoms with Gasteiger partial charge in [-0.2, -0.15) is 0 Å². The number of hydrogen-bond acceptors (Lipinski definition) is 3. The molecule has 128 valence electrons. The van der Waals surface area contributed by atoms with Gasteiger partial charge in [0.2, 0.25) is 5.91 Å². The summed E-state index contributed by atoms with van der Waals surface area (Å²) in [5.41, 5.74) is 4.74. The molecule has 0 saturated carbocycles. The van der Waals surface area contributed by atoms with Gasteiger partial charge in [-0.3, -0.25) is 14.5 Å². The second-order valence-electron chi connectivity index (χ2n) is 6.86. The third-order valence-corrected chi connectivity index (χ3v) is 5.38. The summed E-state index contributed by atoms with van der Waals surface area (Å²) in [6.07, 6.45) is 3.95. The Morgan fingerprint density at radius 1 is 1.08 bits per heavy atom. The minimum atomic E-state index is -0.258. The van der Waals surface area contributed by atoms with E-state index in [0.717, 1.165) is 40.9 Å². The summed E-state index contributed by atoms with van der Waals surface area (Å²) in [6.45, 7) is 4.07. The highest BCUT2D eigenvalue weighted by Crippen LogP contribution is 2.44. The molecule has 1 aromatic heterocycles. The Balaban J connectivity index is 1.90. The largest absolute Gasteiger partial charge is 0.469 e. The SMILES string of the molecule is Cc1cccc(N2C(=O)CC(c3ccco3)C3=C2CCCC3=O)c1C. The zero-order valence-corrected chi connectivity index (χ0v) is 14.5. The molecule has 0 saturated heterocycles. The van der Waals surface area contributed by atoms with E-state index in [-0.39, 0.29) is 24.0 Å². The Kier molecular flexibility index (Phi) is 3.83. The fourth-order valence-electron chi connectivity index (χ4n) is 3.98. The number of nitrogens with zero attached hydrogens (tertiary/aromatic N) is 1. The molecule has 4 heteroatoms. The molecule has 1 aliphatic carbocycles. The molecule has 1 aromatic carbocycles. The second kappa shape index (κ2) is 6.03. The molecule has 4 nitrogen and oxygen atoms in total. The molecular formula is C21H21NO3. The van der Waals surface area contributed by atoms with Gasteiger partial charge in [0.15, 0.2) is 5.78 Å². The van der Waals surface area contributed by atoms with Crippen LogP contribution in [0.2, 0.25) is 0 Å². The van der Waals surface area contributed by atoms with E-state index in [4.69, 9.17) is 4.42 Å². The number of rotatable bonds is 2. The number of ketones is 1. The summed E-state index contributed by atoms with van der Waals surface area (Å²) < 4.78 is 5.55. The van der Waals surface area contributed by atoms with Crippen molar-refractivity contribution >= 4 is 17.4 Å². The topological polar surface area (TPSA) is 50.5 Å². The van der Waals surface area contributed by atoms with Gasteiger partial charge < -0.3 is 4.42 Å². The molecular weight excluding hydrogens is 314 g/mol. The van der Waals surface area contributed by atoms with Gasteiger partial charge >= 0.3 is 0 Å². The molecule has 0 radical (unpaired) electrons. The van der Waals surface area contributed by atoms with Crippen LogP contribution in [0, 0.1) is 13.8 Å². The van der Waals surface area contributed by atoms with Crippen LogP contribution in [-0.2, 0) is 9.59 Å². The van der Waals surface area contributed by atoms with Crippen LogP contribution < -0.4 is 4.90 Å². The molecule has 2 aliphatic rings. The Labute approximate surface area is 147 Å². The van der Waals surface area contributed by atoms with Gasteiger partial charge in [0.05, 0.1) is 17.9 Å². The average molecular weight is 335 g/mol. The number of allylic oxidation sites excluding steroid dienone is 2. The van der Waals surface area contributed by atoms with Crippen molar-refractivity contribution in [2.75, 3.05) is 4.90 Å². The highest BCUT2D eigenvalue weighted by atomic mass is 16.3. The Morgan fingerprint density at radius 3 is 2.68 bits per heavy atom. The van der Waals surface area contributed by atoms with E-state index in [1.165, 1.54) is 0 Å². The van der Waals surface area contributed by atoms with Crippen molar-refractivity contribution in [1.82, 2.24) is 0 Å². The number of anilines is 1. The quantitative estimate of drug-likeness (QED) is 0.816. The lowest BCUT2D eigenvalue weighted by molar-refractivity contribution is -0.120. The predicted molar refractivity (Wildman–Crippen MR) is 95.4 cm³/mol. The van der Waals surface area contributed by atoms with E-state index in [9.17, 15) is 9.59 Å². The van der Waals surface area contributed by atoms with E-state index in [1.54, 1.807) is 11.2 Å². The van der Waals surface area contributed by atoms with E-state index in [0.29, 0.717) is 12.2 Å². The van der Waals surface area contributed by atoms with Crippen LogP contribution in [0.15, 0.2) is 52.3 Å². The molecule has 1 unspecified atom stereocenters. The Morgan fingerprint density at radius 2 is 1.92 bits per heavy atom. The summed E-state index contributed by atoms with van der Waals surface area (Å²) in [5, 5.41) is 0. The first-order valence-corrected chi connectivity index (χ1v) is 8.76. The molecule has 2 aromatic rings. The molecule has 1 aliphatic heterocycles. The van der Waals surface area contributed by atoms with Crippen LogP contribution in [0.5, 0.6) is 0 Å². The van der Waals surface area contributed by atoms with Gasteiger partial charge in [0, 0.05) is 24.1 Å². The second-order valence-corrected chi connectivity index (χ2v) is 6.86. The van der Waals surface area contributed by atoms with Gasteiger partial charge in [0.1, 0.15) is 5.76 Å². The smallest absolute Gasteiger partial charge is 0.232 e. The molecule has 0 spiro atoms. The highest BCUT2D eigenvalue weighted by Gasteiger charge is 2.41. The summed E-state index contributed by atoms with van der Waals surface area (Å²) in [6, 6.07) is 9.65. The van der Waals surface area contributed by atoms with E-state index < -0.39 is 0 Å². The molecule has 1 amide bonds. The monoisotopic (exact) mass is 335 g/mol. The molecule has 4 rings (SSSR count). The van der Waals surface area contributed by atoms with Crippen LogP contribution in [-0.4, -0.2) is 11.7 Å². The van der Waals surface area contributed by atoms with Crippen molar-refractivity contribution in [2.24, 2.45) is 0 Å². The first kappa shape index (κ1) is 15.9. The van der Waals surface area contributed by atoms with E-state index >= 15 is 0 Å². The van der Waals surface area contributed by atoms with Gasteiger partial charge in [-0.25, -0.2) is 0 Å². The van der Waals surface area contributed by atoms with E-state index in [1.807, 2.05) is 44.2 Å². The van der Waals surface area contributed by atoms with Crippen molar-refractivity contribution < 1.29 is 14.0 Å². The van der Waals surface area contributed by atoms with Crippen molar-refractivity contribution in [3.63, 3.8) is 0 Å². The Hall–Kier alpha value is -2.62. The molecule has 2 heterocycles. The number of hydrogen-bond donors (Lipinski definition) is 0. The minimum absolute atomic E-state index is 0.0311. The molecule has 1 atom stereocenters. The fourth-order valence-corrected chi connectivity index (χ4v) is 3.98. The van der Waals surface area contributed by atoms with Crippen LogP contribution in [0.3, 0.4) is 0 Å². The van der Waals surface area contributed by atoms with Gasteiger partial charge in [-0.15, -0.1) is 0 Å². The number of Topliss-reactive ketones (excluding diaryl/α,β-unsaturated/α-hetero) is 1.